The largest absolute Gasteiger partial charge is 0.433 e. The Hall–Kier alpha value is -3.10. The molecule has 1 N–H and O–H groups in total. The van der Waals surface area contributed by atoms with Crippen LogP contribution < -0.4 is 5.32 Å². The number of nitrogens with zero attached hydrogens (tertiary/aromatic N) is 4. The van der Waals surface area contributed by atoms with Crippen LogP contribution in [-0.2, 0) is 19.8 Å². The van der Waals surface area contributed by atoms with Crippen LogP contribution in [0.5, 0.6) is 0 Å². The molecule has 2 aromatic heterocycles. The second-order valence-corrected chi connectivity index (χ2v) is 6.68. The minimum absolute atomic E-state index is 0.306. The number of aromatic nitrogens is 4. The van der Waals surface area contributed by atoms with Crippen LogP contribution >= 0.6 is 0 Å². The molecular formula is C19H20F3N5O. The molecule has 0 radical (unpaired) electrons. The van der Waals surface area contributed by atoms with Crippen molar-refractivity contribution in [3.8, 4) is 0 Å². The molecule has 0 saturated heterocycles. The summed E-state index contributed by atoms with van der Waals surface area (Å²) < 4.78 is 41.1. The topological polar surface area (TPSA) is 64.7 Å². The van der Waals surface area contributed by atoms with Gasteiger partial charge in [0, 0.05) is 13.1 Å². The third-order valence-electron chi connectivity index (χ3n) is 4.48. The van der Waals surface area contributed by atoms with Gasteiger partial charge >= 0.3 is 6.18 Å². The number of aryl methyl sites for hydroxylation is 3. The molecule has 0 unspecified atom stereocenters. The third-order valence-corrected chi connectivity index (χ3v) is 4.48. The maximum atomic E-state index is 12.9. The van der Waals surface area contributed by atoms with Crippen molar-refractivity contribution in [2.45, 2.75) is 33.5 Å². The molecule has 9 heteroatoms. The molecule has 0 aliphatic carbocycles. The zero-order valence-electron chi connectivity index (χ0n) is 15.9. The zero-order chi connectivity index (χ0) is 20.6. The number of alkyl halides is 3. The Kier molecular flexibility index (Phi) is 5.01. The summed E-state index contributed by atoms with van der Waals surface area (Å²) in [6, 6.07) is 8.73. The number of carbonyl (C=O) groups excluding carboxylic acids is 1. The first-order valence-electron chi connectivity index (χ1n) is 8.58. The lowest BCUT2D eigenvalue weighted by molar-refractivity contribution is -0.143. The fourth-order valence-corrected chi connectivity index (χ4v) is 2.92. The maximum absolute atomic E-state index is 12.9. The molecule has 2 heterocycles. The average molecular weight is 391 g/mol. The minimum Gasteiger partial charge on any atom is -0.317 e. The number of hydrogen-bond acceptors (Lipinski definition) is 3. The molecular weight excluding hydrogens is 371 g/mol. The molecule has 0 saturated carbocycles. The van der Waals surface area contributed by atoms with E-state index in [-0.39, 0.29) is 5.69 Å². The molecule has 148 valence electrons. The van der Waals surface area contributed by atoms with Crippen LogP contribution in [0.15, 0.2) is 30.3 Å². The van der Waals surface area contributed by atoms with Gasteiger partial charge in [-0.3, -0.25) is 14.2 Å². The lowest BCUT2D eigenvalue weighted by Gasteiger charge is -2.07. The Morgan fingerprint density at radius 2 is 1.75 bits per heavy atom. The number of nitrogens with one attached hydrogen (secondary N) is 1. The molecule has 28 heavy (non-hydrogen) atoms. The predicted molar refractivity (Wildman–Crippen MR) is 98.1 cm³/mol. The van der Waals surface area contributed by atoms with Gasteiger partial charge in [-0.2, -0.15) is 23.4 Å². The van der Waals surface area contributed by atoms with Gasteiger partial charge in [0.15, 0.2) is 5.69 Å². The van der Waals surface area contributed by atoms with Crippen LogP contribution in [0.4, 0.5) is 18.9 Å². The van der Waals surface area contributed by atoms with Crippen molar-refractivity contribution >= 4 is 11.6 Å². The van der Waals surface area contributed by atoms with Gasteiger partial charge in [-0.15, -0.1) is 0 Å². The van der Waals surface area contributed by atoms with E-state index in [1.165, 1.54) is 0 Å². The Morgan fingerprint density at radius 1 is 1.11 bits per heavy atom. The number of benzene rings is 1. The molecule has 0 aliphatic heterocycles. The second-order valence-electron chi connectivity index (χ2n) is 6.68. The van der Waals surface area contributed by atoms with E-state index in [0.29, 0.717) is 28.3 Å². The fraction of sp³-hybridized carbons (Fsp3) is 0.316. The van der Waals surface area contributed by atoms with Gasteiger partial charge in [0.1, 0.15) is 5.69 Å². The predicted octanol–water partition coefficient (Wildman–Crippen LogP) is 3.86. The SMILES string of the molecule is Cc1ccc(Cn2nc(C)c(NC(=O)c3cc(C(F)(F)F)n(C)n3)c2C)cc1. The van der Waals surface area contributed by atoms with E-state index >= 15 is 0 Å². The summed E-state index contributed by atoms with van der Waals surface area (Å²) in [5, 5.41) is 10.7. The molecule has 6 nitrogen and oxygen atoms in total. The summed E-state index contributed by atoms with van der Waals surface area (Å²) in [4.78, 5) is 12.4. The molecule has 3 aromatic rings. The molecule has 0 fully saturated rings. The average Bonchev–Trinajstić information content (AvgIpc) is 3.12. The first-order valence-corrected chi connectivity index (χ1v) is 8.58. The van der Waals surface area contributed by atoms with Crippen LogP contribution in [0, 0.1) is 20.8 Å². The number of rotatable bonds is 4. The Labute approximate surface area is 160 Å². The number of amides is 1. The number of anilines is 1. The monoisotopic (exact) mass is 391 g/mol. The Balaban J connectivity index is 1.82. The first kappa shape index (κ1) is 19.7. The van der Waals surface area contributed by atoms with Crippen molar-refractivity contribution in [2.75, 3.05) is 5.32 Å². The summed E-state index contributed by atoms with van der Waals surface area (Å²) in [5.41, 5.74) is 2.66. The highest BCUT2D eigenvalue weighted by molar-refractivity contribution is 6.03. The highest BCUT2D eigenvalue weighted by Crippen LogP contribution is 2.29. The van der Waals surface area contributed by atoms with Gasteiger partial charge in [-0.05, 0) is 26.3 Å². The molecule has 0 bridgehead atoms. The molecule has 3 rings (SSSR count). The second kappa shape index (κ2) is 7.14. The van der Waals surface area contributed by atoms with Crippen molar-refractivity contribution < 1.29 is 18.0 Å². The highest BCUT2D eigenvalue weighted by Gasteiger charge is 2.35. The van der Waals surface area contributed by atoms with E-state index in [2.05, 4.69) is 15.5 Å². The summed E-state index contributed by atoms with van der Waals surface area (Å²) in [5.74, 6) is -0.716. The van der Waals surface area contributed by atoms with E-state index in [1.54, 1.807) is 18.5 Å². The minimum atomic E-state index is -4.58. The van der Waals surface area contributed by atoms with Gasteiger partial charge in [-0.25, -0.2) is 0 Å². The van der Waals surface area contributed by atoms with Crippen molar-refractivity contribution in [1.29, 1.82) is 0 Å². The lowest BCUT2D eigenvalue weighted by atomic mass is 10.1. The zero-order valence-corrected chi connectivity index (χ0v) is 15.9. The molecule has 1 amide bonds. The van der Waals surface area contributed by atoms with Crippen LogP contribution in [0.2, 0.25) is 0 Å². The van der Waals surface area contributed by atoms with Crippen molar-refractivity contribution in [2.24, 2.45) is 7.05 Å². The molecule has 0 spiro atoms. The maximum Gasteiger partial charge on any atom is 0.433 e. The van der Waals surface area contributed by atoms with E-state index in [9.17, 15) is 18.0 Å². The fourth-order valence-electron chi connectivity index (χ4n) is 2.92. The van der Waals surface area contributed by atoms with E-state index in [1.807, 2.05) is 31.2 Å². The van der Waals surface area contributed by atoms with Crippen molar-refractivity contribution in [1.82, 2.24) is 19.6 Å². The van der Waals surface area contributed by atoms with Crippen LogP contribution in [-0.4, -0.2) is 25.5 Å². The van der Waals surface area contributed by atoms with E-state index in [4.69, 9.17) is 0 Å². The summed E-state index contributed by atoms with van der Waals surface area (Å²) in [6.45, 7) is 6.05. The van der Waals surface area contributed by atoms with Gasteiger partial charge in [-0.1, -0.05) is 29.8 Å². The standard InChI is InChI=1S/C19H20F3N5O/c1-11-5-7-14(8-6-11)10-27-13(3)17(12(2)24-27)23-18(28)15-9-16(19(20,21)22)26(4)25-15/h5-9H,10H2,1-4H3,(H,23,28). The summed E-state index contributed by atoms with van der Waals surface area (Å²) >= 11 is 0. The van der Waals surface area contributed by atoms with Gasteiger partial charge in [0.2, 0.25) is 0 Å². The lowest BCUT2D eigenvalue weighted by Crippen LogP contribution is -2.14. The van der Waals surface area contributed by atoms with Crippen LogP contribution in [0.1, 0.15) is 38.7 Å². The molecule has 0 atom stereocenters. The molecule has 0 aliphatic rings. The van der Waals surface area contributed by atoms with Gasteiger partial charge < -0.3 is 5.32 Å². The molecule has 1 aromatic carbocycles. The van der Waals surface area contributed by atoms with E-state index in [0.717, 1.165) is 24.2 Å². The Bertz CT molecular complexity index is 1020. The summed E-state index contributed by atoms with van der Waals surface area (Å²) in [7, 11) is 1.15. The van der Waals surface area contributed by atoms with Crippen molar-refractivity contribution in [3.63, 3.8) is 0 Å². The van der Waals surface area contributed by atoms with Gasteiger partial charge in [0.05, 0.1) is 23.6 Å². The third kappa shape index (κ3) is 3.92. The van der Waals surface area contributed by atoms with Crippen LogP contribution in [0.3, 0.4) is 0 Å². The van der Waals surface area contributed by atoms with Crippen LogP contribution in [0.25, 0.3) is 0 Å². The number of carbonyl (C=O) groups is 1. The number of hydrogen-bond donors (Lipinski definition) is 1. The summed E-state index contributed by atoms with van der Waals surface area (Å²) in [6.07, 6.45) is -4.58. The van der Waals surface area contributed by atoms with E-state index < -0.39 is 17.8 Å². The first-order chi connectivity index (χ1) is 13.1. The van der Waals surface area contributed by atoms with Crippen molar-refractivity contribution in [3.05, 3.63) is 64.2 Å². The highest BCUT2D eigenvalue weighted by atomic mass is 19.4. The van der Waals surface area contributed by atoms with Gasteiger partial charge in [0.25, 0.3) is 5.91 Å². The Morgan fingerprint density at radius 3 is 2.32 bits per heavy atom. The number of halogens is 3. The normalized spacial score (nSPS) is 11.7. The quantitative estimate of drug-likeness (QED) is 0.735. The smallest absolute Gasteiger partial charge is 0.317 e.